The molecule has 1 fully saturated rings. The first-order valence-electron chi connectivity index (χ1n) is 11.7. The summed E-state index contributed by atoms with van der Waals surface area (Å²) in [6, 6.07) is 12.8. The van der Waals surface area contributed by atoms with Crippen molar-refractivity contribution in [3.8, 4) is 0 Å². The van der Waals surface area contributed by atoms with Crippen LogP contribution >= 0.6 is 0 Å². The Morgan fingerprint density at radius 2 is 1.80 bits per heavy atom. The van der Waals surface area contributed by atoms with Crippen LogP contribution < -0.4 is 20.9 Å². The van der Waals surface area contributed by atoms with Gasteiger partial charge in [0.2, 0.25) is 5.91 Å². The van der Waals surface area contributed by atoms with Crippen LogP contribution in [0, 0.1) is 0 Å². The van der Waals surface area contributed by atoms with Gasteiger partial charge in [-0.1, -0.05) is 12.6 Å². The molecule has 0 spiro atoms. The molecule has 0 unspecified atom stereocenters. The van der Waals surface area contributed by atoms with Gasteiger partial charge in [-0.15, -0.1) is 0 Å². The van der Waals surface area contributed by atoms with Gasteiger partial charge in [0.05, 0.1) is 11.4 Å². The summed E-state index contributed by atoms with van der Waals surface area (Å²) in [7, 11) is 2.09. The van der Waals surface area contributed by atoms with Crippen LogP contribution in [0.3, 0.4) is 0 Å². The van der Waals surface area contributed by atoms with Crippen molar-refractivity contribution in [2.75, 3.05) is 55.3 Å². The third-order valence-electron chi connectivity index (χ3n) is 6.56. The van der Waals surface area contributed by atoms with Gasteiger partial charge in [0.25, 0.3) is 11.8 Å². The first-order valence-corrected chi connectivity index (χ1v) is 11.7. The maximum Gasteiger partial charge on any atom is 0.268 e. The molecule has 0 atom stereocenters. The Bertz CT molecular complexity index is 1340. The van der Waals surface area contributed by atoms with E-state index in [2.05, 4.69) is 39.4 Å². The number of anilines is 3. The monoisotopic (exact) mass is 472 g/mol. The first kappa shape index (κ1) is 22.7. The minimum absolute atomic E-state index is 0.104. The Morgan fingerprint density at radius 1 is 1.00 bits per heavy atom. The molecule has 0 aliphatic carbocycles. The largest absolute Gasteiger partial charge is 0.367 e. The fourth-order valence-electron chi connectivity index (χ4n) is 4.62. The van der Waals surface area contributed by atoms with Crippen LogP contribution in [0.5, 0.6) is 0 Å². The van der Waals surface area contributed by atoms with E-state index in [1.165, 1.54) is 6.08 Å². The molecule has 3 amide bonds. The molecule has 1 saturated heterocycles. The summed E-state index contributed by atoms with van der Waals surface area (Å²) in [5, 5.41) is 9.58. The predicted octanol–water partition coefficient (Wildman–Crippen LogP) is 2.51. The van der Waals surface area contributed by atoms with Crippen molar-refractivity contribution >= 4 is 45.7 Å². The number of carbonyl (C=O) groups excluding carboxylic acids is 3. The van der Waals surface area contributed by atoms with E-state index in [1.807, 2.05) is 34.9 Å². The number of fused-ring (bicyclic) bond motifs is 3. The molecule has 9 nitrogen and oxygen atoms in total. The number of aromatic nitrogens is 1. The molecule has 5 rings (SSSR count). The van der Waals surface area contributed by atoms with Crippen LogP contribution in [0.2, 0.25) is 0 Å². The second-order valence-corrected chi connectivity index (χ2v) is 8.88. The van der Waals surface area contributed by atoms with Crippen LogP contribution in [-0.4, -0.2) is 67.0 Å². The second-order valence-electron chi connectivity index (χ2n) is 8.88. The number of likely N-dealkylation sites (N-methyl/N-ethyl adjacent to an activating group) is 1. The number of hydrogen-bond donors (Lipinski definition) is 3. The average Bonchev–Trinajstić information content (AvgIpc) is 3.24. The van der Waals surface area contributed by atoms with Crippen LogP contribution in [0.1, 0.15) is 20.8 Å². The molecule has 180 valence electrons. The Hall–Kier alpha value is -4.11. The quantitative estimate of drug-likeness (QED) is 0.496. The van der Waals surface area contributed by atoms with Gasteiger partial charge in [-0.25, -0.2) is 0 Å². The fourth-order valence-corrected chi connectivity index (χ4v) is 4.62. The minimum Gasteiger partial charge on any atom is -0.367 e. The number of nitrogens with zero attached hydrogens (tertiary/aromatic N) is 3. The summed E-state index contributed by atoms with van der Waals surface area (Å²) in [6.07, 6.45) is 1.23. The molecule has 3 N–H and O–H groups in total. The Labute approximate surface area is 203 Å². The van der Waals surface area contributed by atoms with Crippen LogP contribution in [0.15, 0.2) is 55.1 Å². The van der Waals surface area contributed by atoms with Crippen molar-refractivity contribution in [1.29, 1.82) is 0 Å². The minimum atomic E-state index is -0.309. The molecule has 35 heavy (non-hydrogen) atoms. The third-order valence-corrected chi connectivity index (χ3v) is 6.56. The highest BCUT2D eigenvalue weighted by Crippen LogP contribution is 2.31. The van der Waals surface area contributed by atoms with Gasteiger partial charge in [0, 0.05) is 61.4 Å². The average molecular weight is 473 g/mol. The smallest absolute Gasteiger partial charge is 0.268 e. The lowest BCUT2D eigenvalue weighted by atomic mass is 10.1. The predicted molar refractivity (Wildman–Crippen MR) is 137 cm³/mol. The molecule has 0 radical (unpaired) electrons. The molecule has 0 bridgehead atoms. The number of hydrogen-bond acceptors (Lipinski definition) is 5. The number of nitrogens with one attached hydrogen (secondary N) is 3. The van der Waals surface area contributed by atoms with Gasteiger partial charge in [-0.05, 0) is 49.5 Å². The summed E-state index contributed by atoms with van der Waals surface area (Å²) < 4.78 is 1.94. The molecule has 0 saturated carbocycles. The van der Waals surface area contributed by atoms with Gasteiger partial charge < -0.3 is 30.3 Å². The standard InChI is InChI=1S/C26H28N6O3/c1-3-24(33)29-20-16-19(6-7-21(20)31-12-10-30(2)11-13-31)28-25(34)18-5-4-17-14-23-26(35)27-8-9-32(23)22(17)15-18/h3-7,14-16H,1,8-13H2,2H3,(H,27,35)(H,28,34)(H,29,33). The SMILES string of the molecule is C=CC(=O)Nc1cc(NC(=O)c2ccc3cc4n(c3c2)CCNC4=O)ccc1N1CCN(C)CC1. The topological polar surface area (TPSA) is 98.7 Å². The summed E-state index contributed by atoms with van der Waals surface area (Å²) >= 11 is 0. The lowest BCUT2D eigenvalue weighted by Gasteiger charge is -2.35. The summed E-state index contributed by atoms with van der Waals surface area (Å²) in [5.74, 6) is -0.680. The van der Waals surface area contributed by atoms with E-state index < -0.39 is 0 Å². The van der Waals surface area contributed by atoms with Gasteiger partial charge >= 0.3 is 0 Å². The fraction of sp³-hybridized carbons (Fsp3) is 0.269. The highest BCUT2D eigenvalue weighted by atomic mass is 16.2. The number of amides is 3. The number of carbonyl (C=O) groups is 3. The number of rotatable bonds is 5. The molecule has 3 heterocycles. The van der Waals surface area contributed by atoms with Crippen LogP contribution in [0.4, 0.5) is 17.1 Å². The van der Waals surface area contributed by atoms with E-state index in [9.17, 15) is 14.4 Å². The lowest BCUT2D eigenvalue weighted by molar-refractivity contribution is -0.111. The Balaban J connectivity index is 1.41. The number of piperazine rings is 1. The van der Waals surface area contributed by atoms with E-state index in [4.69, 9.17) is 0 Å². The van der Waals surface area contributed by atoms with Crippen molar-refractivity contribution < 1.29 is 14.4 Å². The van der Waals surface area contributed by atoms with Crippen molar-refractivity contribution in [3.05, 3.63) is 66.4 Å². The zero-order valence-electron chi connectivity index (χ0n) is 19.6. The molecule has 9 heteroatoms. The van der Waals surface area contributed by atoms with Crippen molar-refractivity contribution in [1.82, 2.24) is 14.8 Å². The molecule has 2 aliphatic heterocycles. The molecular formula is C26H28N6O3. The summed E-state index contributed by atoms with van der Waals surface area (Å²) in [4.78, 5) is 41.8. The zero-order valence-corrected chi connectivity index (χ0v) is 19.6. The molecule has 2 aromatic carbocycles. The highest BCUT2D eigenvalue weighted by Gasteiger charge is 2.21. The molecule has 1 aromatic heterocycles. The van der Waals surface area contributed by atoms with Crippen molar-refractivity contribution in [2.24, 2.45) is 0 Å². The highest BCUT2D eigenvalue weighted by molar-refractivity contribution is 6.08. The van der Waals surface area contributed by atoms with E-state index in [0.29, 0.717) is 35.7 Å². The zero-order chi connectivity index (χ0) is 24.5. The number of benzene rings is 2. The van der Waals surface area contributed by atoms with Gasteiger partial charge in [0.15, 0.2) is 0 Å². The lowest BCUT2D eigenvalue weighted by Crippen LogP contribution is -2.44. The van der Waals surface area contributed by atoms with E-state index in [1.54, 1.807) is 12.1 Å². The first-order chi connectivity index (χ1) is 16.9. The maximum absolute atomic E-state index is 13.1. The third kappa shape index (κ3) is 4.50. The summed E-state index contributed by atoms with van der Waals surface area (Å²) in [6.45, 7) is 8.32. The van der Waals surface area contributed by atoms with Crippen LogP contribution in [0.25, 0.3) is 10.9 Å². The van der Waals surface area contributed by atoms with Crippen molar-refractivity contribution in [2.45, 2.75) is 6.54 Å². The Morgan fingerprint density at radius 3 is 2.57 bits per heavy atom. The summed E-state index contributed by atoms with van der Waals surface area (Å²) in [5.41, 5.74) is 4.05. The van der Waals surface area contributed by atoms with E-state index >= 15 is 0 Å². The second kappa shape index (κ2) is 9.27. The van der Waals surface area contributed by atoms with Gasteiger partial charge in [-0.2, -0.15) is 0 Å². The van der Waals surface area contributed by atoms with Crippen LogP contribution in [-0.2, 0) is 11.3 Å². The van der Waals surface area contributed by atoms with E-state index in [0.717, 1.165) is 42.8 Å². The maximum atomic E-state index is 13.1. The molecular weight excluding hydrogens is 444 g/mol. The molecule has 2 aliphatic rings. The van der Waals surface area contributed by atoms with Gasteiger partial charge in [0.1, 0.15) is 5.69 Å². The van der Waals surface area contributed by atoms with E-state index in [-0.39, 0.29) is 17.7 Å². The van der Waals surface area contributed by atoms with Gasteiger partial charge in [-0.3, -0.25) is 14.4 Å². The normalized spacial score (nSPS) is 15.9. The van der Waals surface area contributed by atoms with Crippen molar-refractivity contribution in [3.63, 3.8) is 0 Å². The Kier molecular flexibility index (Phi) is 6.00. The molecule has 3 aromatic rings.